The smallest absolute Gasteiger partial charge is 0.416 e. The summed E-state index contributed by atoms with van der Waals surface area (Å²) >= 11 is 0. The van der Waals surface area contributed by atoms with Gasteiger partial charge in [-0.15, -0.1) is 0 Å². The lowest BCUT2D eigenvalue weighted by molar-refractivity contribution is -0.137. The van der Waals surface area contributed by atoms with Crippen molar-refractivity contribution in [2.45, 2.75) is 26.9 Å². The topological polar surface area (TPSA) is 64.1 Å². The van der Waals surface area contributed by atoms with E-state index >= 15 is 0 Å². The molecule has 3 rings (SSSR count). The second kappa shape index (κ2) is 8.52. The molecule has 3 aromatic rings. The normalized spacial score (nSPS) is 11.3. The number of ether oxygens (including phenoxy) is 1. The minimum absolute atomic E-state index is 0.160. The molecule has 0 unspecified atom stereocenters. The van der Waals surface area contributed by atoms with Crippen LogP contribution in [-0.4, -0.2) is 22.5 Å². The number of nitrogens with one attached hydrogen (secondary N) is 1. The molecule has 0 aliphatic rings. The second-order valence-corrected chi connectivity index (χ2v) is 6.90. The van der Waals surface area contributed by atoms with Crippen LogP contribution in [0.3, 0.4) is 0 Å². The first-order valence-corrected chi connectivity index (χ1v) is 9.15. The highest BCUT2D eigenvalue weighted by atomic mass is 19.4. The van der Waals surface area contributed by atoms with Crippen molar-refractivity contribution in [1.82, 2.24) is 9.97 Å². The molecule has 0 atom stereocenters. The van der Waals surface area contributed by atoms with Crippen LogP contribution < -0.4 is 10.1 Å². The molecule has 0 bridgehead atoms. The molecule has 0 fully saturated rings. The Kier molecular flexibility index (Phi) is 6.05. The number of amides is 1. The zero-order valence-corrected chi connectivity index (χ0v) is 16.7. The lowest BCUT2D eigenvalue weighted by Crippen LogP contribution is -2.21. The summed E-state index contributed by atoms with van der Waals surface area (Å²) in [6.07, 6.45) is -4.41. The molecular formula is C22H20F3N3O2. The van der Waals surface area contributed by atoms with Gasteiger partial charge in [-0.3, -0.25) is 4.79 Å². The largest absolute Gasteiger partial charge is 0.467 e. The van der Waals surface area contributed by atoms with E-state index < -0.39 is 11.7 Å². The number of carbonyl (C=O) groups is 1. The second-order valence-electron chi connectivity index (χ2n) is 6.90. The Morgan fingerprint density at radius 3 is 2.33 bits per heavy atom. The molecule has 2 aromatic carbocycles. The minimum Gasteiger partial charge on any atom is -0.467 e. The van der Waals surface area contributed by atoms with Gasteiger partial charge in [-0.25, -0.2) is 4.98 Å². The van der Waals surface area contributed by atoms with Gasteiger partial charge >= 0.3 is 6.18 Å². The molecule has 5 nitrogen and oxygen atoms in total. The summed E-state index contributed by atoms with van der Waals surface area (Å²) in [4.78, 5) is 20.7. The number of halogens is 3. The van der Waals surface area contributed by atoms with Gasteiger partial charge in [0.05, 0.1) is 5.56 Å². The number of alkyl halides is 3. The van der Waals surface area contributed by atoms with Crippen molar-refractivity contribution in [3.05, 3.63) is 70.9 Å². The Labute approximate surface area is 171 Å². The standard InChI is InChI=1S/C22H20F3N3O2/c1-13-4-9-18(14(2)10-13)27-19(29)12-30-20-11-15(3)26-21(28-20)16-5-7-17(8-6-16)22(23,24)25/h4-11H,12H2,1-3H3,(H,27,29). The fourth-order valence-corrected chi connectivity index (χ4v) is 2.83. The summed E-state index contributed by atoms with van der Waals surface area (Å²) in [6, 6.07) is 11.8. The van der Waals surface area contributed by atoms with E-state index in [1.54, 1.807) is 13.0 Å². The molecule has 0 radical (unpaired) electrons. The molecule has 0 saturated carbocycles. The van der Waals surface area contributed by atoms with Crippen molar-refractivity contribution < 1.29 is 22.7 Å². The van der Waals surface area contributed by atoms with Gasteiger partial charge < -0.3 is 10.1 Å². The van der Waals surface area contributed by atoms with Crippen LogP contribution in [0.2, 0.25) is 0 Å². The van der Waals surface area contributed by atoms with Gasteiger partial charge in [0, 0.05) is 23.0 Å². The van der Waals surface area contributed by atoms with Gasteiger partial charge in [-0.05, 0) is 44.5 Å². The highest BCUT2D eigenvalue weighted by molar-refractivity contribution is 5.92. The molecule has 0 aliphatic carbocycles. The maximum Gasteiger partial charge on any atom is 0.416 e. The first-order valence-electron chi connectivity index (χ1n) is 9.15. The van der Waals surface area contributed by atoms with E-state index in [0.29, 0.717) is 16.9 Å². The third-order valence-electron chi connectivity index (χ3n) is 4.31. The van der Waals surface area contributed by atoms with E-state index in [0.717, 1.165) is 23.3 Å². The third-order valence-corrected chi connectivity index (χ3v) is 4.31. The molecule has 1 heterocycles. The maximum absolute atomic E-state index is 12.7. The number of rotatable bonds is 5. The molecule has 0 spiro atoms. The Morgan fingerprint density at radius 1 is 1.00 bits per heavy atom. The quantitative estimate of drug-likeness (QED) is 0.629. The Bertz CT molecular complexity index is 1060. The van der Waals surface area contributed by atoms with Crippen molar-refractivity contribution >= 4 is 11.6 Å². The summed E-state index contributed by atoms with van der Waals surface area (Å²) in [5.74, 6) is 0.0241. The van der Waals surface area contributed by atoms with Crippen molar-refractivity contribution in [1.29, 1.82) is 0 Å². The first kappa shape index (κ1) is 21.3. The van der Waals surface area contributed by atoms with Gasteiger partial charge in [0.1, 0.15) is 0 Å². The summed E-state index contributed by atoms with van der Waals surface area (Å²) in [5.41, 5.74) is 2.94. The van der Waals surface area contributed by atoms with E-state index in [-0.39, 0.29) is 24.2 Å². The van der Waals surface area contributed by atoms with Crippen LogP contribution in [0.1, 0.15) is 22.4 Å². The highest BCUT2D eigenvalue weighted by Crippen LogP contribution is 2.30. The van der Waals surface area contributed by atoms with Crippen molar-refractivity contribution in [3.63, 3.8) is 0 Å². The van der Waals surface area contributed by atoms with Crippen LogP contribution in [0.4, 0.5) is 18.9 Å². The first-order chi connectivity index (χ1) is 14.1. The van der Waals surface area contributed by atoms with Crippen molar-refractivity contribution in [2.75, 3.05) is 11.9 Å². The van der Waals surface area contributed by atoms with Crippen LogP contribution in [0.25, 0.3) is 11.4 Å². The maximum atomic E-state index is 12.7. The summed E-state index contributed by atoms with van der Waals surface area (Å²) < 4.78 is 43.7. The van der Waals surface area contributed by atoms with Gasteiger partial charge in [0.2, 0.25) is 5.88 Å². The SMILES string of the molecule is Cc1ccc(NC(=O)COc2cc(C)nc(-c3ccc(C(F)(F)F)cc3)n2)c(C)c1. The van der Waals surface area contributed by atoms with Gasteiger partial charge in [0.25, 0.3) is 5.91 Å². The number of benzene rings is 2. The van der Waals surface area contributed by atoms with Gasteiger partial charge in [-0.1, -0.05) is 29.8 Å². The molecule has 1 amide bonds. The predicted octanol–water partition coefficient (Wildman–Crippen LogP) is 5.11. The van der Waals surface area contributed by atoms with Crippen LogP contribution in [-0.2, 0) is 11.0 Å². The van der Waals surface area contributed by atoms with Crippen molar-refractivity contribution in [3.8, 4) is 17.3 Å². The third kappa shape index (κ3) is 5.34. The van der Waals surface area contributed by atoms with Gasteiger partial charge in [0.15, 0.2) is 12.4 Å². The molecule has 1 aromatic heterocycles. The minimum atomic E-state index is -4.41. The van der Waals surface area contributed by atoms with E-state index in [1.807, 2.05) is 32.0 Å². The number of nitrogens with zero attached hydrogens (tertiary/aromatic N) is 2. The lowest BCUT2D eigenvalue weighted by Gasteiger charge is -2.11. The molecule has 8 heteroatoms. The fraction of sp³-hybridized carbons (Fsp3) is 0.227. The summed E-state index contributed by atoms with van der Waals surface area (Å²) in [7, 11) is 0. The Morgan fingerprint density at radius 2 is 1.70 bits per heavy atom. The molecular weight excluding hydrogens is 395 g/mol. The molecule has 30 heavy (non-hydrogen) atoms. The van der Waals surface area contributed by atoms with Crippen molar-refractivity contribution in [2.24, 2.45) is 0 Å². The van der Waals surface area contributed by atoms with E-state index in [1.165, 1.54) is 12.1 Å². The molecule has 1 N–H and O–H groups in total. The monoisotopic (exact) mass is 415 g/mol. The number of carbonyl (C=O) groups excluding carboxylic acids is 1. The number of aromatic nitrogens is 2. The van der Waals surface area contributed by atoms with E-state index in [9.17, 15) is 18.0 Å². The molecule has 0 aliphatic heterocycles. The summed E-state index contributed by atoms with van der Waals surface area (Å²) in [6.45, 7) is 5.30. The van der Waals surface area contributed by atoms with Crippen LogP contribution >= 0.6 is 0 Å². The fourth-order valence-electron chi connectivity index (χ4n) is 2.83. The average molecular weight is 415 g/mol. The Balaban J connectivity index is 1.70. The van der Waals surface area contributed by atoms with Crippen LogP contribution in [0, 0.1) is 20.8 Å². The number of hydrogen-bond donors (Lipinski definition) is 1. The zero-order chi connectivity index (χ0) is 21.9. The zero-order valence-electron chi connectivity index (χ0n) is 16.7. The summed E-state index contributed by atoms with van der Waals surface area (Å²) in [5, 5.41) is 2.78. The Hall–Kier alpha value is -3.42. The lowest BCUT2D eigenvalue weighted by atomic mass is 10.1. The molecule has 156 valence electrons. The van der Waals surface area contributed by atoms with Crippen LogP contribution in [0.5, 0.6) is 5.88 Å². The number of hydrogen-bond acceptors (Lipinski definition) is 4. The number of aryl methyl sites for hydroxylation is 3. The molecule has 0 saturated heterocycles. The van der Waals surface area contributed by atoms with E-state index in [2.05, 4.69) is 15.3 Å². The van der Waals surface area contributed by atoms with Crippen LogP contribution in [0.15, 0.2) is 48.5 Å². The predicted molar refractivity (Wildman–Crippen MR) is 107 cm³/mol. The van der Waals surface area contributed by atoms with Gasteiger partial charge in [-0.2, -0.15) is 18.2 Å². The van der Waals surface area contributed by atoms with E-state index in [4.69, 9.17) is 4.74 Å². The number of anilines is 1. The average Bonchev–Trinajstić information content (AvgIpc) is 2.68. The highest BCUT2D eigenvalue weighted by Gasteiger charge is 2.30.